The number of oxazole rings is 1. The summed E-state index contributed by atoms with van der Waals surface area (Å²) in [6.07, 6.45) is 1.19. The first kappa shape index (κ1) is 5.61. The van der Waals surface area contributed by atoms with Crippen molar-refractivity contribution in [1.29, 1.82) is 0 Å². The fourth-order valence-electron chi connectivity index (χ4n) is 0.688. The van der Waals surface area contributed by atoms with Gasteiger partial charge >= 0.3 is 5.95 Å². The highest BCUT2D eigenvalue weighted by molar-refractivity contribution is 6.35. The van der Waals surface area contributed by atoms with E-state index in [-0.39, 0.29) is 22.3 Å². The van der Waals surface area contributed by atoms with Gasteiger partial charge < -0.3 is 13.9 Å². The van der Waals surface area contributed by atoms with Crippen molar-refractivity contribution < 1.29 is 13.9 Å². The minimum atomic E-state index is -0.358. The Bertz CT molecular complexity index is 364. The number of hydrogen-bond donors (Lipinski definition) is 1. The van der Waals surface area contributed by atoms with Gasteiger partial charge in [0.25, 0.3) is 5.71 Å². The minimum absolute atomic E-state index is 0.0625. The molecule has 5 heteroatoms. The number of aromatic nitrogens is 1. The van der Waals surface area contributed by atoms with Gasteiger partial charge in [-0.25, -0.2) is 0 Å². The summed E-state index contributed by atoms with van der Waals surface area (Å²) < 4.78 is 9.43. The van der Waals surface area contributed by atoms with Gasteiger partial charge in [-0.15, -0.1) is 0 Å². The van der Waals surface area contributed by atoms with Gasteiger partial charge in [-0.05, 0) is 0 Å². The van der Waals surface area contributed by atoms with Gasteiger partial charge in [-0.3, -0.25) is 0 Å². The van der Waals surface area contributed by atoms with E-state index in [4.69, 9.17) is 21.1 Å². The van der Waals surface area contributed by atoms with Crippen LogP contribution in [0.1, 0.15) is 0 Å². The van der Waals surface area contributed by atoms with Crippen molar-refractivity contribution in [3.05, 3.63) is 11.4 Å². The van der Waals surface area contributed by atoms with Gasteiger partial charge in [0.05, 0.1) is 0 Å². The molecule has 0 spiro atoms. The molecular formula is C5H2ClNO3. The number of rotatable bonds is 0. The van der Waals surface area contributed by atoms with Crippen LogP contribution in [0, 0.1) is 0 Å². The second-order valence-electron chi connectivity index (χ2n) is 1.71. The molecule has 0 fully saturated rings. The summed E-state index contributed by atoms with van der Waals surface area (Å²) in [6, 6.07) is 0. The van der Waals surface area contributed by atoms with Crippen molar-refractivity contribution in [3.63, 3.8) is 0 Å². The number of aromatic hydroxyl groups is 1. The number of hydrogen-bond acceptors (Lipinski definition) is 4. The maximum atomic E-state index is 8.83. The molecular weight excluding hydrogens is 158 g/mol. The van der Waals surface area contributed by atoms with Gasteiger partial charge in [-0.1, -0.05) is 11.6 Å². The summed E-state index contributed by atoms with van der Waals surface area (Å²) in [5.41, 5.74) is 0.488. The van der Waals surface area contributed by atoms with Crippen LogP contribution in [0.25, 0.3) is 11.3 Å². The number of fused-ring (bicyclic) bond motifs is 1. The van der Waals surface area contributed by atoms with Gasteiger partial charge in [0.15, 0.2) is 11.4 Å². The van der Waals surface area contributed by atoms with Crippen LogP contribution < -0.4 is 0 Å². The van der Waals surface area contributed by atoms with Crippen LogP contribution >= 0.6 is 11.6 Å². The molecule has 52 valence electrons. The molecule has 2 aromatic heterocycles. The van der Waals surface area contributed by atoms with E-state index in [1.165, 1.54) is 6.39 Å². The molecule has 0 aliphatic rings. The number of nitrogens with zero attached hydrogens (tertiary/aromatic N) is 1. The standard InChI is InChI=1S/C5H2ClNO3/c6-2-3-4(7-1-9-3)10-5(2)8/h1,8H. The van der Waals surface area contributed by atoms with Crippen molar-refractivity contribution in [2.45, 2.75) is 0 Å². The van der Waals surface area contributed by atoms with E-state index < -0.39 is 0 Å². The summed E-state index contributed by atoms with van der Waals surface area (Å²) in [7, 11) is 0. The second kappa shape index (κ2) is 1.67. The smallest absolute Gasteiger partial charge is 0.307 e. The molecule has 0 bridgehead atoms. The summed E-state index contributed by atoms with van der Waals surface area (Å²) >= 11 is 5.51. The third-order valence-corrected chi connectivity index (χ3v) is 1.45. The molecule has 0 aliphatic heterocycles. The van der Waals surface area contributed by atoms with Crippen LogP contribution in [0.2, 0.25) is 5.02 Å². The average Bonchev–Trinajstić information content (AvgIpc) is 2.41. The molecule has 0 radical (unpaired) electrons. The third-order valence-electron chi connectivity index (χ3n) is 1.12. The molecule has 2 aromatic rings. The van der Waals surface area contributed by atoms with Gasteiger partial charge in [0.1, 0.15) is 0 Å². The van der Waals surface area contributed by atoms with Gasteiger partial charge in [0.2, 0.25) is 5.58 Å². The molecule has 0 saturated heterocycles. The zero-order chi connectivity index (χ0) is 7.14. The fraction of sp³-hybridized carbons (Fsp3) is 0. The van der Waals surface area contributed by atoms with E-state index in [0.29, 0.717) is 0 Å². The van der Waals surface area contributed by atoms with Crippen molar-refractivity contribution in [2.75, 3.05) is 0 Å². The lowest BCUT2D eigenvalue weighted by Crippen LogP contribution is -1.53. The first-order chi connectivity index (χ1) is 4.79. The van der Waals surface area contributed by atoms with Gasteiger partial charge in [-0.2, -0.15) is 4.98 Å². The maximum absolute atomic E-state index is 8.83. The lowest BCUT2D eigenvalue weighted by Gasteiger charge is -1.77. The van der Waals surface area contributed by atoms with Crippen LogP contribution in [-0.4, -0.2) is 10.1 Å². The average molecular weight is 160 g/mol. The molecule has 0 saturated carbocycles. The van der Waals surface area contributed by atoms with Crippen molar-refractivity contribution in [2.24, 2.45) is 0 Å². The molecule has 0 aromatic carbocycles. The molecule has 2 heterocycles. The van der Waals surface area contributed by atoms with Crippen LogP contribution in [0.15, 0.2) is 15.2 Å². The van der Waals surface area contributed by atoms with E-state index in [1.54, 1.807) is 0 Å². The SMILES string of the molecule is Oc1oc2ncoc2c1Cl. The Morgan fingerprint density at radius 1 is 1.60 bits per heavy atom. The summed E-state index contributed by atoms with van der Waals surface area (Å²) in [4.78, 5) is 3.62. The molecule has 0 amide bonds. The molecule has 0 unspecified atom stereocenters. The Morgan fingerprint density at radius 2 is 2.40 bits per heavy atom. The Balaban J connectivity index is 2.95. The molecule has 1 N–H and O–H groups in total. The Labute approximate surface area is 60.0 Å². The zero-order valence-electron chi connectivity index (χ0n) is 4.67. The fourth-order valence-corrected chi connectivity index (χ4v) is 0.852. The topological polar surface area (TPSA) is 59.4 Å². The largest absolute Gasteiger partial charge is 0.479 e. The Morgan fingerprint density at radius 3 is 3.10 bits per heavy atom. The first-order valence-corrected chi connectivity index (χ1v) is 2.87. The molecule has 10 heavy (non-hydrogen) atoms. The van der Waals surface area contributed by atoms with E-state index >= 15 is 0 Å². The zero-order valence-corrected chi connectivity index (χ0v) is 5.42. The van der Waals surface area contributed by atoms with E-state index in [9.17, 15) is 0 Å². The highest BCUT2D eigenvalue weighted by Gasteiger charge is 2.14. The molecule has 0 aliphatic carbocycles. The summed E-state index contributed by atoms with van der Waals surface area (Å²) in [5, 5.41) is 8.90. The molecule has 0 atom stereocenters. The highest BCUT2D eigenvalue weighted by Crippen LogP contribution is 2.33. The lowest BCUT2D eigenvalue weighted by atomic mass is 10.6. The Hall–Kier alpha value is -1.16. The quantitative estimate of drug-likeness (QED) is 0.637. The number of halogens is 1. The molecule has 4 nitrogen and oxygen atoms in total. The molecule has 2 rings (SSSR count). The van der Waals surface area contributed by atoms with E-state index in [1.807, 2.05) is 0 Å². The van der Waals surface area contributed by atoms with Crippen LogP contribution in [-0.2, 0) is 0 Å². The summed E-state index contributed by atoms with van der Waals surface area (Å²) in [5.74, 6) is -0.358. The second-order valence-corrected chi connectivity index (χ2v) is 2.09. The predicted molar refractivity (Wildman–Crippen MR) is 32.9 cm³/mol. The van der Waals surface area contributed by atoms with E-state index in [2.05, 4.69) is 9.40 Å². The van der Waals surface area contributed by atoms with Crippen molar-refractivity contribution >= 4 is 22.9 Å². The first-order valence-electron chi connectivity index (χ1n) is 2.49. The van der Waals surface area contributed by atoms with Crippen LogP contribution in [0.5, 0.6) is 5.95 Å². The third kappa shape index (κ3) is 0.537. The maximum Gasteiger partial charge on any atom is 0.307 e. The summed E-state index contributed by atoms with van der Waals surface area (Å²) in [6.45, 7) is 0. The normalized spacial score (nSPS) is 10.9. The minimum Gasteiger partial charge on any atom is -0.479 e. The Kier molecular flexibility index (Phi) is 0.935. The van der Waals surface area contributed by atoms with Crippen molar-refractivity contribution in [1.82, 2.24) is 4.98 Å². The van der Waals surface area contributed by atoms with Gasteiger partial charge in [0, 0.05) is 0 Å². The van der Waals surface area contributed by atoms with E-state index in [0.717, 1.165) is 0 Å². The predicted octanol–water partition coefficient (Wildman–Crippen LogP) is 1.78. The monoisotopic (exact) mass is 159 g/mol. The lowest BCUT2D eigenvalue weighted by molar-refractivity contribution is 0.344. The van der Waals surface area contributed by atoms with Crippen LogP contribution in [0.4, 0.5) is 0 Å². The number of furan rings is 1. The van der Waals surface area contributed by atoms with Crippen molar-refractivity contribution in [3.8, 4) is 5.95 Å². The van der Waals surface area contributed by atoms with Crippen LogP contribution in [0.3, 0.4) is 0 Å². The highest BCUT2D eigenvalue weighted by atomic mass is 35.5.